The molecule has 0 aromatic rings. The summed E-state index contributed by atoms with van der Waals surface area (Å²) < 4.78 is 5.31. The largest absolute Gasteiger partial charge is 0.481 e. The summed E-state index contributed by atoms with van der Waals surface area (Å²) in [7, 11) is 0. The van der Waals surface area contributed by atoms with Crippen LogP contribution in [0.1, 0.15) is 34.1 Å². The molecule has 0 aliphatic carbocycles. The molecule has 1 saturated heterocycles. The van der Waals surface area contributed by atoms with Gasteiger partial charge in [0.1, 0.15) is 0 Å². The number of hydrogen-bond acceptors (Lipinski definition) is 3. The molecule has 0 saturated carbocycles. The Morgan fingerprint density at radius 3 is 2.50 bits per heavy atom. The number of rotatable bonds is 5. The van der Waals surface area contributed by atoms with E-state index >= 15 is 0 Å². The van der Waals surface area contributed by atoms with Crippen molar-refractivity contribution in [2.75, 3.05) is 26.3 Å². The summed E-state index contributed by atoms with van der Waals surface area (Å²) in [5.41, 5.74) is 0. The first kappa shape index (κ1) is 16.8. The summed E-state index contributed by atoms with van der Waals surface area (Å²) in [4.78, 5) is 27.0. The number of carbonyl (C=O) groups is 2. The molecule has 0 aromatic carbocycles. The number of aliphatic carboxylic acids is 1. The molecule has 0 radical (unpaired) electrons. The predicted molar refractivity (Wildman–Crippen MR) is 75.6 cm³/mol. The van der Waals surface area contributed by atoms with Crippen LogP contribution in [0.2, 0.25) is 0 Å². The molecule has 0 bridgehead atoms. The number of urea groups is 1. The molecule has 0 spiro atoms. The summed E-state index contributed by atoms with van der Waals surface area (Å²) >= 11 is 0. The lowest BCUT2D eigenvalue weighted by Crippen LogP contribution is -2.56. The number of ether oxygens (including phenoxy) is 1. The Hall–Kier alpha value is -1.30. The minimum Gasteiger partial charge on any atom is -0.481 e. The number of hydrogen-bond donors (Lipinski definition) is 1. The second-order valence-corrected chi connectivity index (χ2v) is 5.94. The van der Waals surface area contributed by atoms with Crippen LogP contribution in [0.15, 0.2) is 0 Å². The van der Waals surface area contributed by atoms with Gasteiger partial charge < -0.3 is 19.6 Å². The lowest BCUT2D eigenvalue weighted by atomic mass is 10.1. The van der Waals surface area contributed by atoms with Gasteiger partial charge in [-0.05, 0) is 19.8 Å². The summed E-state index contributed by atoms with van der Waals surface area (Å²) in [5, 5.41) is 8.95. The third-order valence-electron chi connectivity index (χ3n) is 3.31. The van der Waals surface area contributed by atoms with Crippen LogP contribution >= 0.6 is 0 Å². The lowest BCUT2D eigenvalue weighted by Gasteiger charge is -2.40. The van der Waals surface area contributed by atoms with Crippen molar-refractivity contribution in [2.45, 2.75) is 46.2 Å². The first-order valence-corrected chi connectivity index (χ1v) is 7.19. The van der Waals surface area contributed by atoms with E-state index in [0.717, 1.165) is 0 Å². The van der Waals surface area contributed by atoms with Crippen LogP contribution in [-0.4, -0.2) is 65.3 Å². The summed E-state index contributed by atoms with van der Waals surface area (Å²) in [6.07, 6.45) is -0.0701. The normalized spacial score (nSPS) is 19.5. The summed E-state index contributed by atoms with van der Waals surface area (Å²) in [6, 6.07) is -0.358. The molecule has 1 aliphatic heterocycles. The molecule has 1 fully saturated rings. The van der Waals surface area contributed by atoms with Crippen molar-refractivity contribution in [3.8, 4) is 0 Å². The average Bonchev–Trinajstić information content (AvgIpc) is 2.34. The average molecular weight is 286 g/mol. The van der Waals surface area contributed by atoms with Crippen LogP contribution in [0.3, 0.4) is 0 Å². The number of carbonyl (C=O) groups excluding carboxylic acids is 1. The van der Waals surface area contributed by atoms with E-state index in [9.17, 15) is 9.59 Å². The molecule has 6 nitrogen and oxygen atoms in total. The van der Waals surface area contributed by atoms with Crippen LogP contribution in [0.25, 0.3) is 0 Å². The smallest absolute Gasteiger partial charge is 0.320 e. The zero-order chi connectivity index (χ0) is 15.3. The van der Waals surface area contributed by atoms with Gasteiger partial charge in [-0.1, -0.05) is 13.8 Å². The Morgan fingerprint density at radius 2 is 2.00 bits per heavy atom. The van der Waals surface area contributed by atoms with Gasteiger partial charge in [-0.3, -0.25) is 4.79 Å². The van der Waals surface area contributed by atoms with Crippen molar-refractivity contribution >= 4 is 12.0 Å². The maximum Gasteiger partial charge on any atom is 0.320 e. The Balaban J connectivity index is 2.80. The van der Waals surface area contributed by atoms with Gasteiger partial charge in [-0.25, -0.2) is 4.79 Å². The van der Waals surface area contributed by atoms with Crippen LogP contribution in [0.4, 0.5) is 4.79 Å². The highest BCUT2D eigenvalue weighted by molar-refractivity contribution is 5.76. The second-order valence-electron chi connectivity index (χ2n) is 5.94. The fraction of sp³-hybridized carbons (Fsp3) is 0.857. The van der Waals surface area contributed by atoms with E-state index < -0.39 is 5.97 Å². The maximum atomic E-state index is 12.7. The van der Waals surface area contributed by atoms with Gasteiger partial charge in [0.15, 0.2) is 0 Å². The number of morpholine rings is 1. The van der Waals surface area contributed by atoms with Crippen LogP contribution in [0.5, 0.6) is 0 Å². The number of nitrogens with zero attached hydrogens (tertiary/aromatic N) is 2. The Bertz CT molecular complexity index is 344. The van der Waals surface area contributed by atoms with Crippen LogP contribution in [0, 0.1) is 5.92 Å². The van der Waals surface area contributed by atoms with Gasteiger partial charge in [-0.15, -0.1) is 0 Å². The monoisotopic (exact) mass is 286 g/mol. The molecule has 6 heteroatoms. The van der Waals surface area contributed by atoms with Crippen molar-refractivity contribution in [3.05, 3.63) is 0 Å². The molecule has 1 N–H and O–H groups in total. The third-order valence-corrected chi connectivity index (χ3v) is 3.31. The molecule has 116 valence electrons. The molecule has 1 aliphatic rings. The molecular weight excluding hydrogens is 260 g/mol. The van der Waals surface area contributed by atoms with Crippen molar-refractivity contribution in [1.82, 2.24) is 9.80 Å². The number of carboxylic acids is 1. The van der Waals surface area contributed by atoms with E-state index in [-0.39, 0.29) is 24.5 Å². The van der Waals surface area contributed by atoms with Crippen molar-refractivity contribution in [3.63, 3.8) is 0 Å². The third kappa shape index (κ3) is 4.67. The Kier molecular flexibility index (Phi) is 6.26. The highest BCUT2D eigenvalue weighted by atomic mass is 16.5. The standard InChI is InChI=1S/C14H26N2O4/c1-10(2)8-16(11(3)4)14(19)15-5-6-20-9-12(15)7-13(17)18/h10-12H,5-9H2,1-4H3,(H,17,18). The van der Waals surface area contributed by atoms with Gasteiger partial charge in [0.05, 0.1) is 25.7 Å². The van der Waals surface area contributed by atoms with E-state index in [1.165, 1.54) is 0 Å². The lowest BCUT2D eigenvalue weighted by molar-refractivity contribution is -0.139. The first-order valence-electron chi connectivity index (χ1n) is 7.19. The quantitative estimate of drug-likeness (QED) is 0.834. The Morgan fingerprint density at radius 1 is 1.35 bits per heavy atom. The van der Waals surface area contributed by atoms with E-state index in [4.69, 9.17) is 9.84 Å². The number of amides is 2. The highest BCUT2D eigenvalue weighted by Crippen LogP contribution is 2.16. The number of carboxylic acid groups (broad SMARTS) is 1. The van der Waals surface area contributed by atoms with Gasteiger partial charge >= 0.3 is 12.0 Å². The predicted octanol–water partition coefficient (Wildman–Crippen LogP) is 1.65. The van der Waals surface area contributed by atoms with Gasteiger partial charge in [0, 0.05) is 19.1 Å². The molecule has 1 rings (SSSR count). The molecule has 1 atom stereocenters. The fourth-order valence-electron chi connectivity index (χ4n) is 2.35. The topological polar surface area (TPSA) is 70.1 Å². The zero-order valence-corrected chi connectivity index (χ0v) is 12.8. The molecular formula is C14H26N2O4. The zero-order valence-electron chi connectivity index (χ0n) is 12.8. The molecule has 0 aromatic heterocycles. The fourth-order valence-corrected chi connectivity index (χ4v) is 2.35. The minimum atomic E-state index is -0.904. The first-order chi connectivity index (χ1) is 9.32. The van der Waals surface area contributed by atoms with E-state index in [1.54, 1.807) is 4.90 Å². The van der Waals surface area contributed by atoms with E-state index in [0.29, 0.717) is 32.2 Å². The molecule has 1 unspecified atom stereocenters. The van der Waals surface area contributed by atoms with Crippen LogP contribution < -0.4 is 0 Å². The van der Waals surface area contributed by atoms with E-state index in [1.807, 2.05) is 18.7 Å². The SMILES string of the molecule is CC(C)CN(C(=O)N1CCOCC1CC(=O)O)C(C)C. The van der Waals surface area contributed by atoms with E-state index in [2.05, 4.69) is 13.8 Å². The van der Waals surface area contributed by atoms with Crippen molar-refractivity contribution < 1.29 is 19.4 Å². The molecule has 20 heavy (non-hydrogen) atoms. The maximum absolute atomic E-state index is 12.7. The van der Waals surface area contributed by atoms with Crippen molar-refractivity contribution in [1.29, 1.82) is 0 Å². The summed E-state index contributed by atoms with van der Waals surface area (Å²) in [6.45, 7) is 9.99. The second kappa shape index (κ2) is 7.47. The minimum absolute atomic E-state index is 0.0701. The Labute approximate surface area is 120 Å². The summed E-state index contributed by atoms with van der Waals surface area (Å²) in [5.74, 6) is -0.529. The molecule has 1 heterocycles. The van der Waals surface area contributed by atoms with Crippen molar-refractivity contribution in [2.24, 2.45) is 5.92 Å². The van der Waals surface area contributed by atoms with Crippen LogP contribution in [-0.2, 0) is 9.53 Å². The van der Waals surface area contributed by atoms with Gasteiger partial charge in [0.25, 0.3) is 0 Å². The molecule has 2 amide bonds. The van der Waals surface area contributed by atoms with Gasteiger partial charge in [0.2, 0.25) is 0 Å². The van der Waals surface area contributed by atoms with Gasteiger partial charge in [-0.2, -0.15) is 0 Å². The highest BCUT2D eigenvalue weighted by Gasteiger charge is 2.32.